The Bertz CT molecular complexity index is 1180. The van der Waals surface area contributed by atoms with Crippen molar-refractivity contribution >= 4 is 32.7 Å². The lowest BCUT2D eigenvalue weighted by Gasteiger charge is -2.34. The van der Waals surface area contributed by atoms with Crippen molar-refractivity contribution in [2.45, 2.75) is 11.6 Å². The molecular formula is C19H21ClN4O3S. The Morgan fingerprint density at radius 2 is 1.54 bits per heavy atom. The van der Waals surface area contributed by atoms with Crippen LogP contribution in [0.5, 0.6) is 0 Å². The van der Waals surface area contributed by atoms with Gasteiger partial charge in [-0.2, -0.15) is 4.31 Å². The molecule has 1 saturated heterocycles. The Morgan fingerprint density at radius 1 is 0.929 bits per heavy atom. The fraction of sp³-hybridized carbons (Fsp3) is 0.316. The summed E-state index contributed by atoms with van der Waals surface area (Å²) in [6.07, 6.45) is 0. The van der Waals surface area contributed by atoms with Crippen molar-refractivity contribution in [3.05, 3.63) is 64.0 Å². The second-order valence-corrected chi connectivity index (χ2v) is 9.17. The Labute approximate surface area is 168 Å². The number of piperazine rings is 1. The molecule has 0 atom stereocenters. The van der Waals surface area contributed by atoms with Gasteiger partial charge in [0, 0.05) is 33.2 Å². The number of aryl methyl sites for hydroxylation is 1. The molecule has 4 rings (SSSR count). The summed E-state index contributed by atoms with van der Waals surface area (Å²) in [4.78, 5) is 14.8. The molecular weight excluding hydrogens is 400 g/mol. The molecule has 148 valence electrons. The molecule has 28 heavy (non-hydrogen) atoms. The minimum absolute atomic E-state index is 0.0766. The minimum Gasteiger partial charge on any atom is -0.295 e. The first-order valence-corrected chi connectivity index (χ1v) is 10.8. The van der Waals surface area contributed by atoms with E-state index in [1.54, 1.807) is 34.4 Å². The SMILES string of the molecule is Cn1c(=O)n(CN2CCN(S(=O)(=O)c3ccccc3Cl)CC2)c2ccccc21. The first kappa shape index (κ1) is 19.2. The number of nitrogens with zero attached hydrogens (tertiary/aromatic N) is 4. The van der Waals surface area contributed by atoms with Crippen LogP contribution in [-0.2, 0) is 23.7 Å². The highest BCUT2D eigenvalue weighted by Gasteiger charge is 2.30. The molecule has 0 unspecified atom stereocenters. The zero-order chi connectivity index (χ0) is 19.9. The molecule has 9 heteroatoms. The van der Waals surface area contributed by atoms with Gasteiger partial charge in [0.25, 0.3) is 0 Å². The predicted octanol–water partition coefficient (Wildman–Crippen LogP) is 1.96. The van der Waals surface area contributed by atoms with Crippen LogP contribution in [-0.4, -0.2) is 52.9 Å². The normalized spacial score (nSPS) is 16.6. The van der Waals surface area contributed by atoms with Crippen LogP contribution in [0.4, 0.5) is 0 Å². The Kier molecular flexibility index (Phi) is 5.05. The molecule has 1 aliphatic heterocycles. The number of aromatic nitrogens is 2. The quantitative estimate of drug-likeness (QED) is 0.647. The van der Waals surface area contributed by atoms with Gasteiger partial charge in [0.1, 0.15) is 4.90 Å². The van der Waals surface area contributed by atoms with Crippen LogP contribution >= 0.6 is 11.6 Å². The highest BCUT2D eigenvalue weighted by molar-refractivity contribution is 7.89. The third-order valence-electron chi connectivity index (χ3n) is 5.18. The van der Waals surface area contributed by atoms with Gasteiger partial charge in [0.2, 0.25) is 10.0 Å². The molecule has 0 N–H and O–H groups in total. The molecule has 0 saturated carbocycles. The van der Waals surface area contributed by atoms with E-state index in [1.807, 2.05) is 24.3 Å². The molecule has 1 aromatic heterocycles. The number of benzene rings is 2. The fourth-order valence-corrected chi connectivity index (χ4v) is 5.52. The molecule has 0 spiro atoms. The maximum absolute atomic E-state index is 12.9. The van der Waals surface area contributed by atoms with Gasteiger partial charge in [-0.3, -0.25) is 14.0 Å². The van der Waals surface area contributed by atoms with Gasteiger partial charge in [-0.25, -0.2) is 13.2 Å². The second kappa shape index (κ2) is 7.36. The average molecular weight is 421 g/mol. The zero-order valence-electron chi connectivity index (χ0n) is 15.5. The first-order chi connectivity index (χ1) is 13.4. The van der Waals surface area contributed by atoms with Crippen LogP contribution < -0.4 is 5.69 Å². The van der Waals surface area contributed by atoms with Crippen LogP contribution in [0.15, 0.2) is 58.2 Å². The molecule has 0 aliphatic carbocycles. The minimum atomic E-state index is -3.63. The van der Waals surface area contributed by atoms with Crippen molar-refractivity contribution in [1.82, 2.24) is 18.3 Å². The molecule has 3 aromatic rings. The van der Waals surface area contributed by atoms with Gasteiger partial charge in [0.15, 0.2) is 0 Å². The summed E-state index contributed by atoms with van der Waals surface area (Å²) < 4.78 is 30.6. The standard InChI is InChI=1S/C19H21ClN4O3S/c1-21-16-7-3-4-8-17(16)24(19(21)25)14-22-10-12-23(13-11-22)28(26,27)18-9-5-2-6-15(18)20/h2-9H,10-14H2,1H3. The lowest BCUT2D eigenvalue weighted by molar-refractivity contribution is 0.152. The van der Waals surface area contributed by atoms with E-state index in [9.17, 15) is 13.2 Å². The first-order valence-electron chi connectivity index (χ1n) is 9.01. The molecule has 2 heterocycles. The van der Waals surface area contributed by atoms with Crippen LogP contribution in [0, 0.1) is 0 Å². The number of halogens is 1. The molecule has 7 nitrogen and oxygen atoms in total. The third kappa shape index (κ3) is 3.26. The van der Waals surface area contributed by atoms with Crippen molar-refractivity contribution in [3.8, 4) is 0 Å². The summed E-state index contributed by atoms with van der Waals surface area (Å²) in [5.41, 5.74) is 1.68. The van der Waals surface area contributed by atoms with Crippen molar-refractivity contribution in [2.24, 2.45) is 7.05 Å². The third-order valence-corrected chi connectivity index (χ3v) is 7.58. The zero-order valence-corrected chi connectivity index (χ0v) is 17.0. The summed E-state index contributed by atoms with van der Waals surface area (Å²) in [6, 6.07) is 14.1. The summed E-state index contributed by atoms with van der Waals surface area (Å²) in [7, 11) is -1.87. The molecule has 1 fully saturated rings. The van der Waals surface area contributed by atoms with Gasteiger partial charge in [0.05, 0.1) is 22.7 Å². The number of rotatable bonds is 4. The van der Waals surface area contributed by atoms with E-state index in [1.165, 1.54) is 10.4 Å². The van der Waals surface area contributed by atoms with Crippen molar-refractivity contribution in [3.63, 3.8) is 0 Å². The van der Waals surface area contributed by atoms with E-state index in [-0.39, 0.29) is 15.6 Å². The number of sulfonamides is 1. The monoisotopic (exact) mass is 420 g/mol. The highest BCUT2D eigenvalue weighted by atomic mass is 35.5. The van der Waals surface area contributed by atoms with E-state index in [2.05, 4.69) is 4.90 Å². The number of hydrogen-bond acceptors (Lipinski definition) is 4. The summed E-state index contributed by atoms with van der Waals surface area (Å²) in [6.45, 7) is 2.22. The van der Waals surface area contributed by atoms with Gasteiger partial charge in [-0.1, -0.05) is 35.9 Å². The number of imidazole rings is 1. The number of hydrogen-bond donors (Lipinski definition) is 0. The van der Waals surface area contributed by atoms with E-state index >= 15 is 0 Å². The van der Waals surface area contributed by atoms with Crippen LogP contribution in [0.1, 0.15) is 0 Å². The van der Waals surface area contributed by atoms with E-state index < -0.39 is 10.0 Å². The Morgan fingerprint density at radius 3 is 2.21 bits per heavy atom. The summed E-state index contributed by atoms with van der Waals surface area (Å²) >= 11 is 6.08. The molecule has 2 aromatic carbocycles. The van der Waals surface area contributed by atoms with Crippen LogP contribution in [0.2, 0.25) is 5.02 Å². The number of fused-ring (bicyclic) bond motifs is 1. The van der Waals surface area contributed by atoms with Crippen LogP contribution in [0.25, 0.3) is 11.0 Å². The van der Waals surface area contributed by atoms with Crippen LogP contribution in [0.3, 0.4) is 0 Å². The van der Waals surface area contributed by atoms with E-state index in [0.29, 0.717) is 32.8 Å². The van der Waals surface area contributed by atoms with Gasteiger partial charge in [-0.05, 0) is 24.3 Å². The van der Waals surface area contributed by atoms with Crippen molar-refractivity contribution in [2.75, 3.05) is 26.2 Å². The van der Waals surface area contributed by atoms with Crippen molar-refractivity contribution in [1.29, 1.82) is 0 Å². The maximum atomic E-state index is 12.9. The number of para-hydroxylation sites is 2. The van der Waals surface area contributed by atoms with Gasteiger partial charge >= 0.3 is 5.69 Å². The summed E-state index contributed by atoms with van der Waals surface area (Å²) in [5.74, 6) is 0. The summed E-state index contributed by atoms with van der Waals surface area (Å²) in [5, 5.41) is 0.229. The molecule has 0 amide bonds. The van der Waals surface area contributed by atoms with Gasteiger partial charge in [-0.15, -0.1) is 0 Å². The van der Waals surface area contributed by atoms with E-state index in [4.69, 9.17) is 11.6 Å². The van der Waals surface area contributed by atoms with Crippen molar-refractivity contribution < 1.29 is 8.42 Å². The lowest BCUT2D eigenvalue weighted by atomic mass is 10.3. The molecule has 0 bridgehead atoms. The second-order valence-electron chi connectivity index (χ2n) is 6.85. The fourth-order valence-electron chi connectivity index (χ4n) is 3.60. The van der Waals surface area contributed by atoms with E-state index in [0.717, 1.165) is 11.0 Å². The smallest absolute Gasteiger partial charge is 0.295 e. The van der Waals surface area contributed by atoms with Gasteiger partial charge < -0.3 is 0 Å². The molecule has 1 aliphatic rings. The largest absolute Gasteiger partial charge is 0.329 e. The topological polar surface area (TPSA) is 67.6 Å². The maximum Gasteiger partial charge on any atom is 0.329 e. The molecule has 0 radical (unpaired) electrons. The lowest BCUT2D eigenvalue weighted by Crippen LogP contribution is -2.49. The Hall–Kier alpha value is -2.13. The highest BCUT2D eigenvalue weighted by Crippen LogP contribution is 2.25. The Balaban J connectivity index is 1.51. The average Bonchev–Trinajstić information content (AvgIpc) is 2.94. The predicted molar refractivity (Wildman–Crippen MR) is 109 cm³/mol.